The van der Waals surface area contributed by atoms with Crippen LogP contribution in [-0.2, 0) is 20.7 Å². The van der Waals surface area contributed by atoms with Crippen molar-refractivity contribution in [3.8, 4) is 0 Å². The average molecular weight is 702 g/mol. The highest BCUT2D eigenvalue weighted by Crippen LogP contribution is 2.43. The van der Waals surface area contributed by atoms with Crippen LogP contribution in [0.25, 0.3) is 22.1 Å². The molecule has 2 aliphatic heterocycles. The Morgan fingerprint density at radius 2 is 1.53 bits per heavy atom. The zero-order valence-corrected chi connectivity index (χ0v) is 30.1. The molecule has 13 nitrogen and oxygen atoms in total. The number of rotatable bonds is 11. The van der Waals surface area contributed by atoms with Gasteiger partial charge in [0.25, 0.3) is 5.91 Å². The molecular weight excluding hydrogens is 654 g/mol. The number of ketones is 1. The highest BCUT2D eigenvalue weighted by atomic mass is 16.5. The summed E-state index contributed by atoms with van der Waals surface area (Å²) in [6.45, 7) is 10.5. The summed E-state index contributed by atoms with van der Waals surface area (Å²) in [5.74, 6) is -2.95. The van der Waals surface area contributed by atoms with Gasteiger partial charge >= 0.3 is 11.9 Å². The Bertz CT molecular complexity index is 2050. The van der Waals surface area contributed by atoms with Gasteiger partial charge in [-0.3, -0.25) is 29.1 Å². The van der Waals surface area contributed by atoms with Crippen molar-refractivity contribution in [1.29, 1.82) is 0 Å². The summed E-state index contributed by atoms with van der Waals surface area (Å²) in [5.41, 5.74) is 7.26. The molecule has 0 spiro atoms. The summed E-state index contributed by atoms with van der Waals surface area (Å²) in [5, 5.41) is 31.8. The number of aliphatic hydroxyl groups excluding tert-OH is 2. The molecule has 5 rings (SSSR count). The summed E-state index contributed by atoms with van der Waals surface area (Å²) in [7, 11) is 1.27. The van der Waals surface area contributed by atoms with Crippen molar-refractivity contribution in [1.82, 2.24) is 25.3 Å². The minimum absolute atomic E-state index is 0.0117. The first-order chi connectivity index (χ1) is 24.2. The molecule has 0 saturated heterocycles. The van der Waals surface area contributed by atoms with Gasteiger partial charge in [-0.15, -0.1) is 0 Å². The molecule has 6 N–H and O–H groups in total. The second-order valence-corrected chi connectivity index (χ2v) is 13.6. The number of esters is 1. The van der Waals surface area contributed by atoms with Gasteiger partial charge < -0.3 is 35.3 Å². The maximum atomic E-state index is 14.0. The van der Waals surface area contributed by atoms with E-state index in [2.05, 4.69) is 29.1 Å². The van der Waals surface area contributed by atoms with E-state index in [0.29, 0.717) is 50.1 Å². The summed E-state index contributed by atoms with van der Waals surface area (Å²) in [6, 6.07) is 5.69. The van der Waals surface area contributed by atoms with Crippen molar-refractivity contribution in [3.05, 3.63) is 68.8 Å². The molecule has 0 fully saturated rings. The number of methoxy groups -OCH3 is 1. The van der Waals surface area contributed by atoms with Crippen LogP contribution in [0.2, 0.25) is 0 Å². The van der Waals surface area contributed by atoms with Gasteiger partial charge in [0.05, 0.1) is 48.5 Å². The SMILES string of the molecule is CC[C@H]1c2cc3[nH]c(c(CC(=O)OC)c4nc(cc5[nH]c(cc(n2)C1C)c(C(C)=O)c5C)C(C)[C@@H]4CCC(=O)O)c(C(=O)NCC(O)CO)c3C. The van der Waals surface area contributed by atoms with Crippen molar-refractivity contribution >= 4 is 45.7 Å². The van der Waals surface area contributed by atoms with Crippen LogP contribution in [0.4, 0.5) is 0 Å². The number of aliphatic carboxylic acids is 1. The summed E-state index contributed by atoms with van der Waals surface area (Å²) < 4.78 is 5.11. The van der Waals surface area contributed by atoms with Crippen molar-refractivity contribution in [3.63, 3.8) is 0 Å². The number of H-pyrrole nitrogens is 2. The molecule has 1 amide bonds. The minimum atomic E-state index is -1.19. The number of carbonyl (C=O) groups is 4. The number of aliphatic hydroxyl groups is 2. The monoisotopic (exact) mass is 701 g/mol. The number of Topliss-reactive ketones (excluding diaryl/α,β-unsaturated/α-hetero) is 1. The lowest BCUT2D eigenvalue weighted by Crippen LogP contribution is -2.34. The number of nitrogens with one attached hydrogen (secondary N) is 3. The molecule has 3 aromatic rings. The van der Waals surface area contributed by atoms with Crippen LogP contribution in [0.15, 0.2) is 18.2 Å². The number of aromatic nitrogens is 4. The number of carboxylic acid groups (broad SMARTS) is 1. The Balaban J connectivity index is 2.00. The molecule has 51 heavy (non-hydrogen) atoms. The van der Waals surface area contributed by atoms with Crippen molar-refractivity contribution in [2.75, 3.05) is 20.3 Å². The maximum absolute atomic E-state index is 14.0. The number of aromatic amines is 2. The second-order valence-electron chi connectivity index (χ2n) is 13.6. The van der Waals surface area contributed by atoms with Gasteiger partial charge in [0, 0.05) is 75.9 Å². The third kappa shape index (κ3) is 7.31. The predicted octanol–water partition coefficient (Wildman–Crippen LogP) is 4.98. The molecule has 8 bridgehead atoms. The fraction of sp³-hybridized carbons (Fsp3) is 0.474. The van der Waals surface area contributed by atoms with Crippen molar-refractivity contribution < 1.29 is 39.2 Å². The van der Waals surface area contributed by atoms with Gasteiger partial charge in [-0.05, 0) is 62.9 Å². The van der Waals surface area contributed by atoms with Crippen LogP contribution >= 0.6 is 0 Å². The number of nitrogens with zero attached hydrogens (tertiary/aromatic N) is 2. The molecule has 0 aliphatic carbocycles. The molecule has 2 aliphatic rings. The molecular formula is C38H47N5O8. The normalized spacial score (nSPS) is 19.1. The number of carboxylic acids is 1. The first-order valence-corrected chi connectivity index (χ1v) is 17.3. The van der Waals surface area contributed by atoms with E-state index in [9.17, 15) is 34.5 Å². The predicted molar refractivity (Wildman–Crippen MR) is 191 cm³/mol. The van der Waals surface area contributed by atoms with Crippen LogP contribution in [-0.4, -0.2) is 85.2 Å². The lowest BCUT2D eigenvalue weighted by atomic mass is 9.85. The number of aryl methyl sites for hydroxylation is 2. The van der Waals surface area contributed by atoms with Crippen LogP contribution in [0, 0.1) is 13.8 Å². The van der Waals surface area contributed by atoms with Gasteiger partial charge in [-0.1, -0.05) is 20.8 Å². The number of amides is 1. The summed E-state index contributed by atoms with van der Waals surface area (Å²) in [6.07, 6.45) is -0.652. The number of hydrogen-bond acceptors (Lipinski definition) is 9. The maximum Gasteiger partial charge on any atom is 0.310 e. The summed E-state index contributed by atoms with van der Waals surface area (Å²) in [4.78, 5) is 68.9. The molecule has 0 radical (unpaired) electrons. The molecule has 272 valence electrons. The lowest BCUT2D eigenvalue weighted by Gasteiger charge is -2.17. The Morgan fingerprint density at radius 1 is 0.922 bits per heavy atom. The third-order valence-corrected chi connectivity index (χ3v) is 10.4. The van der Waals surface area contributed by atoms with E-state index >= 15 is 0 Å². The van der Waals surface area contributed by atoms with Crippen LogP contribution in [0.5, 0.6) is 0 Å². The topological polar surface area (TPSA) is 208 Å². The second kappa shape index (κ2) is 15.2. The number of fused-ring (bicyclic) bond motifs is 8. The highest BCUT2D eigenvalue weighted by Gasteiger charge is 2.34. The summed E-state index contributed by atoms with van der Waals surface area (Å²) >= 11 is 0. The Labute approximate surface area is 295 Å². The van der Waals surface area contributed by atoms with E-state index in [-0.39, 0.29) is 54.9 Å². The minimum Gasteiger partial charge on any atom is -0.481 e. The third-order valence-electron chi connectivity index (χ3n) is 10.4. The van der Waals surface area contributed by atoms with Crippen LogP contribution in [0.3, 0.4) is 0 Å². The molecule has 3 unspecified atom stereocenters. The quantitative estimate of drug-likeness (QED) is 0.117. The van der Waals surface area contributed by atoms with E-state index in [1.807, 2.05) is 32.0 Å². The fourth-order valence-electron chi connectivity index (χ4n) is 7.49. The van der Waals surface area contributed by atoms with Gasteiger partial charge in [0.15, 0.2) is 5.78 Å². The van der Waals surface area contributed by atoms with Gasteiger partial charge in [0.1, 0.15) is 0 Å². The number of carbonyl (C=O) groups excluding carboxylic acids is 3. The van der Waals surface area contributed by atoms with Crippen molar-refractivity contribution in [2.45, 2.75) is 97.0 Å². The van der Waals surface area contributed by atoms with Crippen LogP contribution < -0.4 is 5.32 Å². The Hall–Kier alpha value is -4.88. The zero-order chi connectivity index (χ0) is 37.3. The average Bonchev–Trinajstić information content (AvgIpc) is 3.77. The Kier molecular flexibility index (Phi) is 11.1. The molecule has 13 heteroatoms. The molecule has 5 atom stereocenters. The number of hydrogen-bond donors (Lipinski definition) is 6. The lowest BCUT2D eigenvalue weighted by molar-refractivity contribution is -0.140. The van der Waals surface area contributed by atoms with Gasteiger partial charge in [-0.2, -0.15) is 0 Å². The first-order valence-electron chi connectivity index (χ1n) is 17.3. The van der Waals surface area contributed by atoms with Crippen molar-refractivity contribution in [2.24, 2.45) is 0 Å². The first kappa shape index (κ1) is 37.4. The highest BCUT2D eigenvalue weighted by molar-refractivity contribution is 6.06. The molecule has 3 aromatic heterocycles. The smallest absolute Gasteiger partial charge is 0.310 e. The molecule has 0 saturated carbocycles. The van der Waals surface area contributed by atoms with E-state index < -0.39 is 36.5 Å². The van der Waals surface area contributed by atoms with E-state index in [0.717, 1.165) is 23.4 Å². The molecule has 0 aromatic carbocycles. The zero-order valence-electron chi connectivity index (χ0n) is 30.1. The standard InChI is InChI=1S/C38H47N5O8/c1-8-23-17(2)26-14-31-34(21(6)45)19(4)28(41-31)12-27-18(3)24(9-10-32(47)48)36(42-27)25(11-33(49)51-7)37-35(38(50)39-15-22(46)16-44)20(5)29(43-37)13-30(23)40-26/h12-14,17-18,22-24,41,43-44,46H,8-11,15-16H2,1-7H3,(H,39,50)(H,47,48)/t17?,18?,22?,23-,24+/m1/s1. The van der Waals surface area contributed by atoms with Crippen LogP contribution in [0.1, 0.15) is 131 Å². The van der Waals surface area contributed by atoms with E-state index in [4.69, 9.17) is 14.7 Å². The largest absolute Gasteiger partial charge is 0.481 e. The van der Waals surface area contributed by atoms with E-state index in [1.54, 1.807) is 6.92 Å². The Morgan fingerprint density at radius 3 is 2.16 bits per heavy atom. The molecule has 5 heterocycles. The van der Waals surface area contributed by atoms with Gasteiger partial charge in [0.2, 0.25) is 0 Å². The van der Waals surface area contributed by atoms with Gasteiger partial charge in [-0.25, -0.2) is 0 Å². The van der Waals surface area contributed by atoms with E-state index in [1.165, 1.54) is 14.0 Å². The number of ether oxygens (including phenoxy) is 1. The fourth-order valence-corrected chi connectivity index (χ4v) is 7.49.